The van der Waals surface area contributed by atoms with Crippen LogP contribution in [0.4, 0.5) is 30.5 Å². The molecule has 0 radical (unpaired) electrons. The molecule has 0 atom stereocenters. The van der Waals surface area contributed by atoms with Crippen molar-refractivity contribution in [1.29, 1.82) is 0 Å². The molecule has 39 heavy (non-hydrogen) atoms. The molecule has 2 aromatic heterocycles. The maximum absolute atomic E-state index is 12.4. The Morgan fingerprint density at radius 2 is 2.05 bits per heavy atom. The summed E-state index contributed by atoms with van der Waals surface area (Å²) < 4.78 is 54.1. The number of carbonyl (C=O) groups excluding carboxylic acids is 2. The Morgan fingerprint density at radius 3 is 2.74 bits per heavy atom. The highest BCUT2D eigenvalue weighted by atomic mass is 19.4. The number of benzene rings is 1. The fourth-order valence-corrected chi connectivity index (χ4v) is 3.45. The van der Waals surface area contributed by atoms with Crippen molar-refractivity contribution in [1.82, 2.24) is 19.7 Å². The largest absolute Gasteiger partial charge is 0.491 e. The number of anilines is 3. The van der Waals surface area contributed by atoms with E-state index in [0.717, 1.165) is 5.57 Å². The van der Waals surface area contributed by atoms with Crippen molar-refractivity contribution in [2.75, 3.05) is 23.8 Å². The molecule has 2 N–H and O–H groups in total. The van der Waals surface area contributed by atoms with Gasteiger partial charge in [-0.2, -0.15) is 23.3 Å². The summed E-state index contributed by atoms with van der Waals surface area (Å²) in [5.41, 5.74) is 3.18. The number of nitrogens with zero attached hydrogens (tertiary/aromatic N) is 4. The van der Waals surface area contributed by atoms with Crippen LogP contribution in [0.25, 0.3) is 5.57 Å². The lowest BCUT2D eigenvalue weighted by Crippen LogP contribution is -2.28. The molecule has 0 spiro atoms. The van der Waals surface area contributed by atoms with E-state index in [9.17, 15) is 22.8 Å². The molecule has 0 bridgehead atoms. The number of carbonyl (C=O) groups is 2. The van der Waals surface area contributed by atoms with Crippen LogP contribution >= 0.6 is 0 Å². The van der Waals surface area contributed by atoms with Crippen molar-refractivity contribution >= 4 is 34.8 Å². The zero-order valence-electron chi connectivity index (χ0n) is 20.6. The van der Waals surface area contributed by atoms with Crippen LogP contribution in [-0.2, 0) is 32.7 Å². The van der Waals surface area contributed by atoms with E-state index in [0.29, 0.717) is 48.3 Å². The first-order valence-corrected chi connectivity index (χ1v) is 11.5. The first kappa shape index (κ1) is 27.3. The second-order valence-electron chi connectivity index (χ2n) is 8.25. The molecule has 0 saturated carbocycles. The minimum atomic E-state index is -5.26. The number of alkyl halides is 3. The number of ether oxygens (including phenoxy) is 3. The van der Waals surface area contributed by atoms with E-state index >= 15 is 0 Å². The predicted octanol–water partition coefficient (Wildman–Crippen LogP) is 3.89. The maximum Gasteiger partial charge on any atom is 0.491 e. The quantitative estimate of drug-likeness (QED) is 0.234. The van der Waals surface area contributed by atoms with Crippen molar-refractivity contribution in [3.05, 3.63) is 72.4 Å². The molecule has 1 aliphatic heterocycles. The van der Waals surface area contributed by atoms with Gasteiger partial charge in [0.1, 0.15) is 6.61 Å². The fraction of sp³-hybridized carbons (Fsp3) is 0.240. The molecular weight excluding hydrogens is 521 g/mol. The van der Waals surface area contributed by atoms with Gasteiger partial charge in [-0.1, -0.05) is 24.8 Å². The van der Waals surface area contributed by atoms with Crippen molar-refractivity contribution in [2.45, 2.75) is 19.2 Å². The molecule has 3 aromatic rings. The summed E-state index contributed by atoms with van der Waals surface area (Å²) in [6, 6.07) is 6.37. The van der Waals surface area contributed by atoms with Gasteiger partial charge in [-0.3, -0.25) is 9.48 Å². The number of esters is 1. The third-order valence-electron chi connectivity index (χ3n) is 5.29. The van der Waals surface area contributed by atoms with Gasteiger partial charge < -0.3 is 24.8 Å². The molecular formula is C25H23F3N6O5. The van der Waals surface area contributed by atoms with Crippen LogP contribution in [-0.4, -0.2) is 51.0 Å². The molecule has 1 aromatic carbocycles. The van der Waals surface area contributed by atoms with Crippen LogP contribution in [0, 0.1) is 0 Å². The number of halogens is 3. The van der Waals surface area contributed by atoms with E-state index in [4.69, 9.17) is 9.47 Å². The topological polar surface area (TPSA) is 129 Å². The molecule has 3 heterocycles. The molecule has 4 rings (SSSR count). The molecule has 11 nitrogen and oxygen atoms in total. The molecule has 1 amide bonds. The van der Waals surface area contributed by atoms with Gasteiger partial charge in [0.15, 0.2) is 5.76 Å². The van der Waals surface area contributed by atoms with Gasteiger partial charge in [-0.25, -0.2) is 9.78 Å². The molecule has 0 saturated heterocycles. The summed E-state index contributed by atoms with van der Waals surface area (Å²) in [6.07, 6.45) is 2.36. The number of aryl methyl sites for hydroxylation is 1. The second-order valence-corrected chi connectivity index (χ2v) is 8.25. The molecule has 204 valence electrons. The Hall–Kier alpha value is -4.72. The summed E-state index contributed by atoms with van der Waals surface area (Å²) in [5, 5.41) is 9.50. The summed E-state index contributed by atoms with van der Waals surface area (Å²) in [7, 11) is 1.78. The van der Waals surface area contributed by atoms with E-state index in [-0.39, 0.29) is 12.3 Å². The predicted molar refractivity (Wildman–Crippen MR) is 133 cm³/mol. The molecule has 0 fully saturated rings. The van der Waals surface area contributed by atoms with Gasteiger partial charge in [0.25, 0.3) is 5.91 Å². The maximum atomic E-state index is 12.4. The highest BCUT2D eigenvalue weighted by molar-refractivity contribution is 6.03. The van der Waals surface area contributed by atoms with Gasteiger partial charge in [-0.05, 0) is 29.7 Å². The first-order valence-electron chi connectivity index (χ1n) is 11.5. The van der Waals surface area contributed by atoms with E-state index < -0.39 is 23.8 Å². The van der Waals surface area contributed by atoms with Gasteiger partial charge in [0, 0.05) is 25.1 Å². The lowest BCUT2D eigenvalue weighted by molar-refractivity contribution is -0.195. The summed E-state index contributed by atoms with van der Waals surface area (Å²) >= 11 is 0. The minimum absolute atomic E-state index is 0.0356. The molecule has 0 aliphatic carbocycles. The Labute approximate surface area is 220 Å². The summed E-state index contributed by atoms with van der Waals surface area (Å²) in [5.74, 6) is -4.04. The second kappa shape index (κ2) is 11.8. The third kappa shape index (κ3) is 7.41. The smallest absolute Gasteiger partial charge is 0.472 e. The van der Waals surface area contributed by atoms with Crippen LogP contribution in [0.2, 0.25) is 0 Å². The van der Waals surface area contributed by atoms with Crippen LogP contribution < -0.4 is 15.4 Å². The first-order chi connectivity index (χ1) is 18.6. The number of nitrogens with one attached hydrogen (secondary N) is 2. The zero-order chi connectivity index (χ0) is 28.0. The molecule has 0 unspecified atom stereocenters. The van der Waals surface area contributed by atoms with Crippen LogP contribution in [0.1, 0.15) is 17.5 Å². The van der Waals surface area contributed by atoms with Crippen molar-refractivity contribution in [2.24, 2.45) is 7.05 Å². The normalized spacial score (nSPS) is 13.3. The summed E-state index contributed by atoms with van der Waals surface area (Å²) in [6.45, 7) is 4.11. The van der Waals surface area contributed by atoms with Crippen LogP contribution in [0.5, 0.6) is 5.88 Å². The minimum Gasteiger partial charge on any atom is -0.472 e. The standard InChI is InChI=1S/C25H23F3N6O5/c1-15(39-23(36)25(26,27)28)21(35)31-18-5-3-4-16(10-18)14-38-22-20(17-6-8-37-9-7-17)12-29-24(33-22)32-19-11-30-34(2)13-19/h3-6,10-13H,1,7-9,14H2,2H3,(H,31,35)(H,29,32,33). The van der Waals surface area contributed by atoms with E-state index in [1.54, 1.807) is 48.5 Å². The van der Waals surface area contributed by atoms with Gasteiger partial charge in [0.05, 0.1) is 30.7 Å². The van der Waals surface area contributed by atoms with Gasteiger partial charge in [0.2, 0.25) is 11.8 Å². The van der Waals surface area contributed by atoms with Crippen LogP contribution in [0.3, 0.4) is 0 Å². The van der Waals surface area contributed by atoms with Crippen molar-refractivity contribution in [3.63, 3.8) is 0 Å². The Balaban J connectivity index is 1.47. The highest BCUT2D eigenvalue weighted by Crippen LogP contribution is 2.30. The molecule has 14 heteroatoms. The van der Waals surface area contributed by atoms with Crippen molar-refractivity contribution in [3.8, 4) is 5.88 Å². The average molecular weight is 544 g/mol. The van der Waals surface area contributed by atoms with E-state index in [1.807, 2.05) is 6.08 Å². The number of hydrogen-bond donors (Lipinski definition) is 2. The number of hydrogen-bond acceptors (Lipinski definition) is 9. The zero-order valence-corrected chi connectivity index (χ0v) is 20.6. The average Bonchev–Trinajstić information content (AvgIpc) is 3.32. The van der Waals surface area contributed by atoms with E-state index in [1.165, 1.54) is 6.07 Å². The van der Waals surface area contributed by atoms with Crippen LogP contribution in [0.15, 0.2) is 61.3 Å². The molecule has 1 aliphatic rings. The Kier molecular flexibility index (Phi) is 8.24. The lowest BCUT2D eigenvalue weighted by Gasteiger charge is -2.17. The van der Waals surface area contributed by atoms with Gasteiger partial charge in [-0.15, -0.1) is 0 Å². The fourth-order valence-electron chi connectivity index (χ4n) is 3.45. The Morgan fingerprint density at radius 1 is 1.23 bits per heavy atom. The SMILES string of the molecule is C=C(OC(=O)C(F)(F)F)C(=O)Nc1cccc(COc2nc(Nc3cnn(C)c3)ncc2C2=CCOCC2)c1. The lowest BCUT2D eigenvalue weighted by atomic mass is 10.0. The van der Waals surface area contributed by atoms with Gasteiger partial charge >= 0.3 is 12.1 Å². The number of rotatable bonds is 9. The van der Waals surface area contributed by atoms with E-state index in [2.05, 4.69) is 37.0 Å². The van der Waals surface area contributed by atoms with Crippen molar-refractivity contribution < 1.29 is 37.0 Å². The number of amides is 1. The monoisotopic (exact) mass is 544 g/mol. The Bertz CT molecular complexity index is 1420. The highest BCUT2D eigenvalue weighted by Gasteiger charge is 2.42. The third-order valence-corrected chi connectivity index (χ3v) is 5.29. The summed E-state index contributed by atoms with van der Waals surface area (Å²) in [4.78, 5) is 32.0. The number of aromatic nitrogens is 4.